The van der Waals surface area contributed by atoms with Gasteiger partial charge in [0.05, 0.1) is 0 Å². The van der Waals surface area contributed by atoms with Crippen LogP contribution in [0.15, 0.2) is 24.3 Å². The molecule has 1 N–H and O–H groups in total. The van der Waals surface area contributed by atoms with Crippen molar-refractivity contribution in [3.05, 3.63) is 35.4 Å². The molecule has 1 rings (SSSR count). The second-order valence-electron chi connectivity index (χ2n) is 4.85. The fraction of sp³-hybridized carbons (Fsp3) is 0.600. The first-order valence-electron chi connectivity index (χ1n) is 6.38. The minimum absolute atomic E-state index is 0.277. The first-order chi connectivity index (χ1) is 7.69. The Morgan fingerprint density at radius 2 is 1.75 bits per heavy atom. The number of benzene rings is 1. The molecule has 0 heterocycles. The third-order valence-electron chi connectivity index (χ3n) is 3.19. The van der Waals surface area contributed by atoms with Gasteiger partial charge in [-0.2, -0.15) is 0 Å². The van der Waals surface area contributed by atoms with Crippen LogP contribution in [0.4, 0.5) is 0 Å². The Labute approximate surface area is 99.5 Å². The summed E-state index contributed by atoms with van der Waals surface area (Å²) in [5.74, 6) is 1.07. The van der Waals surface area contributed by atoms with Crippen molar-refractivity contribution in [3.63, 3.8) is 0 Å². The van der Waals surface area contributed by atoms with Gasteiger partial charge in [0.2, 0.25) is 0 Å². The van der Waals surface area contributed by atoms with E-state index >= 15 is 0 Å². The molecule has 16 heavy (non-hydrogen) atoms. The molecule has 1 aromatic carbocycles. The molecule has 0 amide bonds. The van der Waals surface area contributed by atoms with Crippen LogP contribution in [0.25, 0.3) is 0 Å². The van der Waals surface area contributed by atoms with Crippen molar-refractivity contribution in [2.45, 2.75) is 46.0 Å². The van der Waals surface area contributed by atoms with Crippen molar-refractivity contribution in [2.24, 2.45) is 5.92 Å². The first kappa shape index (κ1) is 13.2. The molecule has 1 heteroatoms. The summed E-state index contributed by atoms with van der Waals surface area (Å²) in [7, 11) is 0. The van der Waals surface area contributed by atoms with Crippen LogP contribution in [0.5, 0.6) is 0 Å². The normalized spacial score (nSPS) is 13.1. The first-order valence-corrected chi connectivity index (χ1v) is 6.38. The average Bonchev–Trinajstić information content (AvgIpc) is 2.27. The average molecular weight is 220 g/mol. The van der Waals surface area contributed by atoms with Crippen LogP contribution < -0.4 is 0 Å². The molecule has 1 atom stereocenters. The number of hydrogen-bond donors (Lipinski definition) is 1. The highest BCUT2D eigenvalue weighted by molar-refractivity contribution is 5.25. The van der Waals surface area contributed by atoms with Gasteiger partial charge in [-0.3, -0.25) is 0 Å². The molecule has 1 nitrogen and oxygen atoms in total. The molecule has 0 fully saturated rings. The number of aliphatic hydroxyl groups excluding tert-OH is 1. The molecule has 0 aliphatic heterocycles. The van der Waals surface area contributed by atoms with Crippen molar-refractivity contribution in [2.75, 3.05) is 6.61 Å². The summed E-state index contributed by atoms with van der Waals surface area (Å²) in [6.45, 7) is 6.93. The Hall–Kier alpha value is -0.820. The number of aryl methyl sites for hydroxylation is 1. The fourth-order valence-electron chi connectivity index (χ4n) is 2.24. The van der Waals surface area contributed by atoms with Crippen molar-refractivity contribution in [1.29, 1.82) is 0 Å². The Morgan fingerprint density at radius 1 is 1.12 bits per heavy atom. The second-order valence-corrected chi connectivity index (χ2v) is 4.85. The third kappa shape index (κ3) is 3.64. The van der Waals surface area contributed by atoms with Gasteiger partial charge in [0.15, 0.2) is 0 Å². The molecule has 90 valence electrons. The monoisotopic (exact) mass is 220 g/mol. The summed E-state index contributed by atoms with van der Waals surface area (Å²) in [5, 5.41) is 9.09. The van der Waals surface area contributed by atoms with E-state index in [4.69, 9.17) is 5.11 Å². The lowest BCUT2D eigenvalue weighted by molar-refractivity contribution is 0.261. The molecule has 0 aliphatic rings. The SMILES string of the molecule is CCCc1ccc(C(CCO)C(C)C)cc1. The standard InChI is InChI=1S/C15H24O/c1-4-5-13-6-8-14(9-7-13)15(10-11-16)12(2)3/h6-9,12,15-16H,4-5,10-11H2,1-3H3. The smallest absolute Gasteiger partial charge is 0.0436 e. The maximum absolute atomic E-state index is 9.09. The lowest BCUT2D eigenvalue weighted by Gasteiger charge is -2.20. The number of rotatable bonds is 6. The highest BCUT2D eigenvalue weighted by atomic mass is 16.3. The van der Waals surface area contributed by atoms with E-state index in [1.807, 2.05) is 0 Å². The van der Waals surface area contributed by atoms with Crippen LogP contribution >= 0.6 is 0 Å². The summed E-state index contributed by atoms with van der Waals surface area (Å²) < 4.78 is 0. The zero-order valence-electron chi connectivity index (χ0n) is 10.7. The van der Waals surface area contributed by atoms with Gasteiger partial charge in [0, 0.05) is 6.61 Å². The molecule has 0 radical (unpaired) electrons. The van der Waals surface area contributed by atoms with Crippen molar-refractivity contribution >= 4 is 0 Å². The second kappa shape index (κ2) is 6.70. The lowest BCUT2D eigenvalue weighted by Crippen LogP contribution is -2.08. The minimum Gasteiger partial charge on any atom is -0.396 e. The van der Waals surface area contributed by atoms with Gasteiger partial charge >= 0.3 is 0 Å². The van der Waals surface area contributed by atoms with Crippen LogP contribution in [0.1, 0.15) is 50.7 Å². The van der Waals surface area contributed by atoms with E-state index in [0.717, 1.165) is 12.8 Å². The summed E-state index contributed by atoms with van der Waals surface area (Å²) >= 11 is 0. The Kier molecular flexibility index (Phi) is 5.54. The van der Waals surface area contributed by atoms with E-state index in [1.165, 1.54) is 17.5 Å². The van der Waals surface area contributed by atoms with Gasteiger partial charge in [-0.05, 0) is 35.8 Å². The van der Waals surface area contributed by atoms with E-state index in [2.05, 4.69) is 45.0 Å². The van der Waals surface area contributed by atoms with E-state index in [1.54, 1.807) is 0 Å². The highest BCUT2D eigenvalue weighted by Gasteiger charge is 2.14. The molecule has 1 aromatic rings. The minimum atomic E-state index is 0.277. The zero-order valence-corrected chi connectivity index (χ0v) is 10.7. The van der Waals surface area contributed by atoms with Gasteiger partial charge < -0.3 is 5.11 Å². The highest BCUT2D eigenvalue weighted by Crippen LogP contribution is 2.27. The molecule has 0 saturated carbocycles. The largest absolute Gasteiger partial charge is 0.396 e. The quantitative estimate of drug-likeness (QED) is 0.774. The van der Waals surface area contributed by atoms with Crippen LogP contribution in [0, 0.1) is 5.92 Å². The van der Waals surface area contributed by atoms with Gasteiger partial charge in [0.25, 0.3) is 0 Å². The maximum atomic E-state index is 9.09. The van der Waals surface area contributed by atoms with E-state index in [0.29, 0.717) is 11.8 Å². The van der Waals surface area contributed by atoms with Crippen LogP contribution in [0.2, 0.25) is 0 Å². The summed E-state index contributed by atoms with van der Waals surface area (Å²) in [4.78, 5) is 0. The van der Waals surface area contributed by atoms with E-state index in [-0.39, 0.29) is 6.61 Å². The maximum Gasteiger partial charge on any atom is 0.0436 e. The van der Waals surface area contributed by atoms with Gasteiger partial charge in [-0.15, -0.1) is 0 Å². The predicted octanol–water partition coefficient (Wildman–Crippen LogP) is 3.76. The fourth-order valence-corrected chi connectivity index (χ4v) is 2.24. The van der Waals surface area contributed by atoms with Crippen molar-refractivity contribution in [1.82, 2.24) is 0 Å². The summed E-state index contributed by atoms with van der Waals surface area (Å²) in [6.07, 6.45) is 3.22. The van der Waals surface area contributed by atoms with Crippen molar-refractivity contribution < 1.29 is 5.11 Å². The molecule has 0 saturated heterocycles. The summed E-state index contributed by atoms with van der Waals surface area (Å²) in [6, 6.07) is 8.91. The number of aliphatic hydroxyl groups is 1. The lowest BCUT2D eigenvalue weighted by atomic mass is 9.85. The van der Waals surface area contributed by atoms with E-state index in [9.17, 15) is 0 Å². The van der Waals surface area contributed by atoms with Gasteiger partial charge in [-0.1, -0.05) is 51.5 Å². The Balaban J connectivity index is 2.77. The van der Waals surface area contributed by atoms with Crippen molar-refractivity contribution in [3.8, 4) is 0 Å². The van der Waals surface area contributed by atoms with Crippen LogP contribution in [0.3, 0.4) is 0 Å². The van der Waals surface area contributed by atoms with E-state index < -0.39 is 0 Å². The molecule has 0 aliphatic carbocycles. The molecular weight excluding hydrogens is 196 g/mol. The Morgan fingerprint density at radius 3 is 2.19 bits per heavy atom. The molecule has 0 bridgehead atoms. The van der Waals surface area contributed by atoms with Crippen LogP contribution in [-0.2, 0) is 6.42 Å². The predicted molar refractivity (Wildman–Crippen MR) is 69.7 cm³/mol. The molecular formula is C15H24O. The molecule has 0 aromatic heterocycles. The number of hydrogen-bond acceptors (Lipinski definition) is 1. The third-order valence-corrected chi connectivity index (χ3v) is 3.19. The molecule has 1 unspecified atom stereocenters. The topological polar surface area (TPSA) is 20.2 Å². The van der Waals surface area contributed by atoms with Crippen LogP contribution in [-0.4, -0.2) is 11.7 Å². The zero-order chi connectivity index (χ0) is 12.0. The Bertz CT molecular complexity index is 287. The van der Waals surface area contributed by atoms with Gasteiger partial charge in [0.1, 0.15) is 0 Å². The van der Waals surface area contributed by atoms with Gasteiger partial charge in [-0.25, -0.2) is 0 Å². The summed E-state index contributed by atoms with van der Waals surface area (Å²) in [5.41, 5.74) is 2.78. The molecule has 0 spiro atoms.